The van der Waals surface area contributed by atoms with Crippen LogP contribution in [0.15, 0.2) is 36.4 Å². The number of amides is 1. The number of thiophene rings is 1. The Bertz CT molecular complexity index is 950. The second-order valence-electron chi connectivity index (χ2n) is 9.86. The SMILES string of the molecule is COC(=O)c1sc(-c2ccccc2)cc1N(CC1CCCN(C)C1)C(=O)C1CCC(C)CC1. The molecule has 0 N–H and O–H groups in total. The smallest absolute Gasteiger partial charge is 0.350 e. The van der Waals surface area contributed by atoms with E-state index in [-0.39, 0.29) is 17.8 Å². The first-order valence-corrected chi connectivity index (χ1v) is 13.1. The molecule has 178 valence electrons. The van der Waals surface area contributed by atoms with Crippen molar-refractivity contribution in [3.8, 4) is 10.4 Å². The van der Waals surface area contributed by atoms with Gasteiger partial charge in [-0.2, -0.15) is 0 Å². The van der Waals surface area contributed by atoms with E-state index < -0.39 is 0 Å². The number of benzene rings is 1. The van der Waals surface area contributed by atoms with Crippen molar-refractivity contribution in [3.63, 3.8) is 0 Å². The van der Waals surface area contributed by atoms with Gasteiger partial charge < -0.3 is 14.5 Å². The zero-order valence-electron chi connectivity index (χ0n) is 20.1. The third-order valence-corrected chi connectivity index (χ3v) is 8.38. The Balaban J connectivity index is 1.71. The van der Waals surface area contributed by atoms with Crippen LogP contribution in [0.1, 0.15) is 55.1 Å². The van der Waals surface area contributed by atoms with Crippen molar-refractivity contribution in [2.45, 2.75) is 45.4 Å². The van der Waals surface area contributed by atoms with Crippen molar-refractivity contribution < 1.29 is 14.3 Å². The van der Waals surface area contributed by atoms with E-state index in [2.05, 4.69) is 18.9 Å². The molecule has 2 aromatic rings. The second kappa shape index (κ2) is 10.8. The van der Waals surface area contributed by atoms with E-state index in [4.69, 9.17) is 4.74 Å². The minimum Gasteiger partial charge on any atom is -0.465 e. The molecule has 6 heteroatoms. The zero-order chi connectivity index (χ0) is 23.4. The number of hydrogen-bond acceptors (Lipinski definition) is 5. The van der Waals surface area contributed by atoms with Crippen LogP contribution in [0.2, 0.25) is 0 Å². The fraction of sp³-hybridized carbons (Fsp3) is 0.556. The van der Waals surface area contributed by atoms with Gasteiger partial charge in [0.05, 0.1) is 12.8 Å². The molecular formula is C27H36N2O3S. The Morgan fingerprint density at radius 2 is 1.85 bits per heavy atom. The van der Waals surface area contributed by atoms with E-state index in [1.165, 1.54) is 18.4 Å². The van der Waals surface area contributed by atoms with E-state index in [1.807, 2.05) is 41.3 Å². The first-order chi connectivity index (χ1) is 16.0. The summed E-state index contributed by atoms with van der Waals surface area (Å²) in [4.78, 5) is 32.6. The average molecular weight is 469 g/mol. The van der Waals surface area contributed by atoms with Gasteiger partial charge in [0.2, 0.25) is 5.91 Å². The lowest BCUT2D eigenvalue weighted by atomic mass is 9.82. The molecule has 1 saturated heterocycles. The summed E-state index contributed by atoms with van der Waals surface area (Å²) in [5, 5.41) is 0. The number of nitrogens with zero attached hydrogens (tertiary/aromatic N) is 2. The van der Waals surface area contributed by atoms with Crippen LogP contribution < -0.4 is 4.90 Å². The fourth-order valence-electron chi connectivity index (χ4n) is 5.28. The molecule has 0 radical (unpaired) electrons. The third-order valence-electron chi connectivity index (χ3n) is 7.23. The fourth-order valence-corrected chi connectivity index (χ4v) is 6.37. The lowest BCUT2D eigenvalue weighted by Gasteiger charge is -2.36. The van der Waals surface area contributed by atoms with E-state index in [1.54, 1.807) is 0 Å². The van der Waals surface area contributed by atoms with Crippen LogP contribution in [-0.4, -0.2) is 50.6 Å². The zero-order valence-corrected chi connectivity index (χ0v) is 20.9. The Morgan fingerprint density at radius 1 is 1.12 bits per heavy atom. The predicted octanol–water partition coefficient (Wildman–Crippen LogP) is 5.70. The average Bonchev–Trinajstić information content (AvgIpc) is 3.28. The van der Waals surface area contributed by atoms with Gasteiger partial charge >= 0.3 is 5.97 Å². The molecule has 5 nitrogen and oxygen atoms in total. The van der Waals surface area contributed by atoms with Crippen molar-refractivity contribution >= 4 is 28.9 Å². The maximum absolute atomic E-state index is 13.9. The van der Waals surface area contributed by atoms with Crippen molar-refractivity contribution in [3.05, 3.63) is 41.3 Å². The monoisotopic (exact) mass is 468 g/mol. The Morgan fingerprint density at radius 3 is 2.52 bits per heavy atom. The highest BCUT2D eigenvalue weighted by Gasteiger charge is 2.34. The highest BCUT2D eigenvalue weighted by molar-refractivity contribution is 7.18. The molecule has 1 amide bonds. The molecule has 2 aliphatic rings. The lowest BCUT2D eigenvalue weighted by Crippen LogP contribution is -2.44. The summed E-state index contributed by atoms with van der Waals surface area (Å²) >= 11 is 1.42. The van der Waals surface area contributed by atoms with Gasteiger partial charge in [-0.3, -0.25) is 4.79 Å². The molecule has 1 aliphatic heterocycles. The van der Waals surface area contributed by atoms with Crippen molar-refractivity contribution in [2.24, 2.45) is 17.8 Å². The van der Waals surface area contributed by atoms with Crippen LogP contribution >= 0.6 is 11.3 Å². The highest BCUT2D eigenvalue weighted by Crippen LogP contribution is 2.40. The quantitative estimate of drug-likeness (QED) is 0.510. The summed E-state index contributed by atoms with van der Waals surface area (Å²) < 4.78 is 5.15. The number of piperidine rings is 1. The van der Waals surface area contributed by atoms with Gasteiger partial charge in [-0.25, -0.2) is 4.79 Å². The number of rotatable bonds is 6. The van der Waals surface area contributed by atoms with Crippen LogP contribution in [0.25, 0.3) is 10.4 Å². The van der Waals surface area contributed by atoms with Crippen LogP contribution in [-0.2, 0) is 9.53 Å². The van der Waals surface area contributed by atoms with Gasteiger partial charge in [0.15, 0.2) is 0 Å². The number of ether oxygens (including phenoxy) is 1. The summed E-state index contributed by atoms with van der Waals surface area (Å²) in [5.41, 5.74) is 1.78. The number of methoxy groups -OCH3 is 1. The maximum Gasteiger partial charge on any atom is 0.350 e. The highest BCUT2D eigenvalue weighted by atomic mass is 32.1. The summed E-state index contributed by atoms with van der Waals surface area (Å²) in [6, 6.07) is 12.1. The summed E-state index contributed by atoms with van der Waals surface area (Å²) in [6.07, 6.45) is 6.32. The van der Waals surface area contributed by atoms with Crippen molar-refractivity contribution in [2.75, 3.05) is 38.7 Å². The summed E-state index contributed by atoms with van der Waals surface area (Å²) in [7, 11) is 3.57. The summed E-state index contributed by atoms with van der Waals surface area (Å²) in [5.74, 6) is 0.936. The molecule has 1 aliphatic carbocycles. The van der Waals surface area contributed by atoms with Gasteiger partial charge in [-0.1, -0.05) is 37.3 Å². The Hall–Kier alpha value is -2.18. The number of carbonyl (C=O) groups excluding carboxylic acids is 2. The normalized spacial score (nSPS) is 23.8. The molecule has 1 aromatic heterocycles. The molecule has 1 unspecified atom stereocenters. The summed E-state index contributed by atoms with van der Waals surface area (Å²) in [6.45, 7) is 5.02. The third kappa shape index (κ3) is 5.67. The maximum atomic E-state index is 13.9. The van der Waals surface area contributed by atoms with E-state index >= 15 is 0 Å². The minimum atomic E-state index is -0.368. The number of likely N-dealkylation sites (tertiary alicyclic amines) is 1. The van der Waals surface area contributed by atoms with Gasteiger partial charge in [0, 0.05) is 23.9 Å². The first-order valence-electron chi connectivity index (χ1n) is 12.2. The molecule has 4 rings (SSSR count). The number of hydrogen-bond donors (Lipinski definition) is 0. The molecule has 1 atom stereocenters. The Kier molecular flexibility index (Phi) is 7.86. The van der Waals surface area contributed by atoms with E-state index in [0.29, 0.717) is 23.3 Å². The van der Waals surface area contributed by atoms with Crippen LogP contribution in [0.4, 0.5) is 5.69 Å². The van der Waals surface area contributed by atoms with E-state index in [0.717, 1.165) is 67.7 Å². The van der Waals surface area contributed by atoms with Crippen LogP contribution in [0.3, 0.4) is 0 Å². The van der Waals surface area contributed by atoms with Gasteiger partial charge in [0.25, 0.3) is 0 Å². The molecule has 1 saturated carbocycles. The van der Waals surface area contributed by atoms with Crippen molar-refractivity contribution in [1.82, 2.24) is 4.90 Å². The van der Waals surface area contributed by atoms with Crippen LogP contribution in [0, 0.1) is 17.8 Å². The minimum absolute atomic E-state index is 0.0353. The first kappa shape index (κ1) is 24.0. The molecule has 1 aromatic carbocycles. The number of carbonyl (C=O) groups is 2. The molecular weight excluding hydrogens is 432 g/mol. The van der Waals surface area contributed by atoms with Gasteiger partial charge in [-0.05, 0) is 75.6 Å². The predicted molar refractivity (Wildman–Crippen MR) is 135 cm³/mol. The number of anilines is 1. The molecule has 0 spiro atoms. The molecule has 2 heterocycles. The standard InChI is InChI=1S/C27H36N2O3S/c1-19-11-13-22(14-12-19)26(30)29(18-20-8-7-15-28(2)17-20)23-16-24(21-9-5-4-6-10-21)33-25(23)27(31)32-3/h4-6,9-10,16,19-20,22H,7-8,11-15,17-18H2,1-3H3. The number of esters is 1. The lowest BCUT2D eigenvalue weighted by molar-refractivity contribution is -0.123. The Labute approximate surface area is 201 Å². The molecule has 33 heavy (non-hydrogen) atoms. The topological polar surface area (TPSA) is 49.9 Å². The van der Waals surface area contributed by atoms with Crippen molar-refractivity contribution in [1.29, 1.82) is 0 Å². The molecule has 2 fully saturated rings. The van der Waals surface area contributed by atoms with Gasteiger partial charge in [0.1, 0.15) is 4.88 Å². The largest absolute Gasteiger partial charge is 0.465 e. The van der Waals surface area contributed by atoms with E-state index in [9.17, 15) is 9.59 Å². The second-order valence-corrected chi connectivity index (χ2v) is 10.9. The molecule has 0 bridgehead atoms. The van der Waals surface area contributed by atoms with Gasteiger partial charge in [-0.15, -0.1) is 11.3 Å². The van der Waals surface area contributed by atoms with Crippen LogP contribution in [0.5, 0.6) is 0 Å².